The molecule has 2 aliphatic heterocycles. The number of rotatable bonds is 4. The van der Waals surface area contributed by atoms with Crippen molar-refractivity contribution in [2.24, 2.45) is 5.10 Å². The highest BCUT2D eigenvalue weighted by molar-refractivity contribution is 6.10. The first-order valence-electron chi connectivity index (χ1n) is 7.61. The molecule has 2 fully saturated rings. The van der Waals surface area contributed by atoms with Crippen LogP contribution in [0, 0.1) is 22.7 Å². The Balaban J connectivity index is 1.55. The van der Waals surface area contributed by atoms with E-state index in [1.807, 2.05) is 24.3 Å². The van der Waals surface area contributed by atoms with E-state index in [0.717, 1.165) is 45.1 Å². The van der Waals surface area contributed by atoms with Crippen LogP contribution in [0.1, 0.15) is 0 Å². The van der Waals surface area contributed by atoms with Crippen LogP contribution in [0.5, 0.6) is 0 Å². The molecule has 0 aromatic heterocycles. The molecule has 2 aliphatic rings. The summed E-state index contributed by atoms with van der Waals surface area (Å²) in [6, 6.07) is 11.9. The standard InChI is InChI=1S/C16H18N6O/c17-9-14(10-18)20-19-13-1-3-15(4-2-13)21-5-7-22(8-6-21)16-11-23-12-16/h1-4,16,19H,5-8,11-12H2. The van der Waals surface area contributed by atoms with Crippen molar-refractivity contribution in [3.05, 3.63) is 24.3 Å². The number of anilines is 2. The van der Waals surface area contributed by atoms with E-state index in [-0.39, 0.29) is 5.71 Å². The molecule has 0 saturated carbocycles. The molecule has 2 heterocycles. The van der Waals surface area contributed by atoms with Gasteiger partial charge in [-0.3, -0.25) is 10.3 Å². The van der Waals surface area contributed by atoms with Gasteiger partial charge in [0.15, 0.2) is 0 Å². The van der Waals surface area contributed by atoms with Crippen molar-refractivity contribution in [2.75, 3.05) is 49.7 Å². The molecule has 0 radical (unpaired) electrons. The number of hydrogen-bond acceptors (Lipinski definition) is 7. The molecule has 23 heavy (non-hydrogen) atoms. The topological polar surface area (TPSA) is 87.7 Å². The summed E-state index contributed by atoms with van der Waals surface area (Å²) in [5.41, 5.74) is 4.45. The summed E-state index contributed by atoms with van der Waals surface area (Å²) in [5.74, 6) is 0. The third kappa shape index (κ3) is 3.59. The van der Waals surface area contributed by atoms with Crippen molar-refractivity contribution in [1.82, 2.24) is 4.90 Å². The average Bonchev–Trinajstić information content (AvgIpc) is 2.56. The first-order chi connectivity index (χ1) is 11.3. The molecule has 3 rings (SSSR count). The summed E-state index contributed by atoms with van der Waals surface area (Å²) in [6.07, 6.45) is 0. The van der Waals surface area contributed by atoms with Gasteiger partial charge in [0.2, 0.25) is 5.71 Å². The van der Waals surface area contributed by atoms with Gasteiger partial charge < -0.3 is 9.64 Å². The van der Waals surface area contributed by atoms with E-state index < -0.39 is 0 Å². The first kappa shape index (κ1) is 15.3. The summed E-state index contributed by atoms with van der Waals surface area (Å²) < 4.78 is 5.26. The molecule has 1 aromatic rings. The van der Waals surface area contributed by atoms with Crippen LogP contribution >= 0.6 is 0 Å². The van der Waals surface area contributed by atoms with Crippen molar-refractivity contribution in [3.63, 3.8) is 0 Å². The summed E-state index contributed by atoms with van der Waals surface area (Å²) in [5, 5.41) is 21.0. The lowest BCUT2D eigenvalue weighted by Crippen LogP contribution is -2.56. The molecule has 0 amide bonds. The number of benzene rings is 1. The molecule has 118 valence electrons. The second kappa shape index (κ2) is 7.10. The van der Waals surface area contributed by atoms with E-state index in [0.29, 0.717) is 6.04 Å². The Morgan fingerprint density at radius 1 is 1.09 bits per heavy atom. The van der Waals surface area contributed by atoms with Gasteiger partial charge in [0.05, 0.1) is 24.9 Å². The van der Waals surface area contributed by atoms with Gasteiger partial charge in [-0.1, -0.05) is 0 Å². The molecule has 7 nitrogen and oxygen atoms in total. The highest BCUT2D eigenvalue weighted by Gasteiger charge is 2.28. The normalized spacial score (nSPS) is 18.4. The van der Waals surface area contributed by atoms with E-state index in [1.54, 1.807) is 12.1 Å². The number of ether oxygens (including phenoxy) is 1. The molecule has 2 saturated heterocycles. The quantitative estimate of drug-likeness (QED) is 0.660. The molecular weight excluding hydrogens is 292 g/mol. The minimum absolute atomic E-state index is 0.190. The van der Waals surface area contributed by atoms with Crippen molar-refractivity contribution >= 4 is 17.1 Å². The highest BCUT2D eigenvalue weighted by atomic mass is 16.5. The first-order valence-corrected chi connectivity index (χ1v) is 7.61. The lowest BCUT2D eigenvalue weighted by Gasteiger charge is -2.43. The Bertz CT molecular complexity index is 629. The SMILES string of the molecule is N#CC(C#N)=NNc1ccc(N2CCN(C3COC3)CC2)cc1. The number of piperazine rings is 1. The molecule has 0 spiro atoms. The van der Waals surface area contributed by atoms with Gasteiger partial charge in [-0.15, -0.1) is 0 Å². The Kier molecular flexibility index (Phi) is 4.72. The van der Waals surface area contributed by atoms with Gasteiger partial charge >= 0.3 is 0 Å². The predicted molar refractivity (Wildman–Crippen MR) is 87.1 cm³/mol. The third-order valence-electron chi connectivity index (χ3n) is 4.19. The molecule has 1 N–H and O–H groups in total. The van der Waals surface area contributed by atoms with Gasteiger partial charge in [0.1, 0.15) is 12.1 Å². The maximum absolute atomic E-state index is 8.64. The number of nitrogens with one attached hydrogen (secondary N) is 1. The van der Waals surface area contributed by atoms with Gasteiger partial charge in [-0.05, 0) is 24.3 Å². The average molecular weight is 310 g/mol. The van der Waals surface area contributed by atoms with Crippen LogP contribution in [0.4, 0.5) is 11.4 Å². The number of nitriles is 2. The molecule has 7 heteroatoms. The van der Waals surface area contributed by atoms with Gasteiger partial charge in [0.25, 0.3) is 0 Å². The molecule has 0 aliphatic carbocycles. The van der Waals surface area contributed by atoms with Gasteiger partial charge in [-0.2, -0.15) is 15.6 Å². The van der Waals surface area contributed by atoms with E-state index >= 15 is 0 Å². The van der Waals surface area contributed by atoms with Gasteiger partial charge in [0, 0.05) is 31.9 Å². The zero-order valence-electron chi connectivity index (χ0n) is 12.8. The largest absolute Gasteiger partial charge is 0.378 e. The lowest BCUT2D eigenvalue weighted by molar-refractivity contribution is -0.0660. The zero-order chi connectivity index (χ0) is 16.1. The van der Waals surface area contributed by atoms with Crippen LogP contribution in [0.2, 0.25) is 0 Å². The summed E-state index contributed by atoms with van der Waals surface area (Å²) in [6.45, 7) is 5.88. The molecule has 1 aromatic carbocycles. The Morgan fingerprint density at radius 2 is 1.74 bits per heavy atom. The van der Waals surface area contributed by atoms with Crippen LogP contribution in [0.25, 0.3) is 0 Å². The number of hydrazone groups is 1. The van der Waals surface area contributed by atoms with Crippen molar-refractivity contribution in [1.29, 1.82) is 10.5 Å². The van der Waals surface area contributed by atoms with Crippen LogP contribution in [0.15, 0.2) is 29.4 Å². The second-order valence-electron chi connectivity index (χ2n) is 5.56. The summed E-state index contributed by atoms with van der Waals surface area (Å²) in [4.78, 5) is 4.86. The van der Waals surface area contributed by atoms with Crippen LogP contribution in [-0.2, 0) is 4.74 Å². The molecule has 0 unspecified atom stereocenters. The lowest BCUT2D eigenvalue weighted by atomic mass is 10.1. The zero-order valence-corrected chi connectivity index (χ0v) is 12.8. The maximum Gasteiger partial charge on any atom is 0.237 e. The Hall–Kier alpha value is -2.61. The second-order valence-corrected chi connectivity index (χ2v) is 5.56. The van der Waals surface area contributed by atoms with E-state index in [4.69, 9.17) is 15.3 Å². The monoisotopic (exact) mass is 310 g/mol. The number of hydrogen-bond donors (Lipinski definition) is 1. The van der Waals surface area contributed by atoms with E-state index in [2.05, 4.69) is 20.3 Å². The predicted octanol–water partition coefficient (Wildman–Crippen LogP) is 1.02. The summed E-state index contributed by atoms with van der Waals surface area (Å²) in [7, 11) is 0. The minimum Gasteiger partial charge on any atom is -0.378 e. The Labute approximate surface area is 135 Å². The molecule has 0 bridgehead atoms. The molecule has 0 atom stereocenters. The molecular formula is C16H18N6O. The van der Waals surface area contributed by atoms with E-state index in [9.17, 15) is 0 Å². The Morgan fingerprint density at radius 3 is 2.26 bits per heavy atom. The van der Waals surface area contributed by atoms with Gasteiger partial charge in [-0.25, -0.2) is 0 Å². The third-order valence-corrected chi connectivity index (χ3v) is 4.19. The van der Waals surface area contributed by atoms with E-state index in [1.165, 1.54) is 5.69 Å². The number of nitrogens with zero attached hydrogens (tertiary/aromatic N) is 5. The smallest absolute Gasteiger partial charge is 0.237 e. The van der Waals surface area contributed by atoms with Crippen molar-refractivity contribution in [3.8, 4) is 12.1 Å². The fraction of sp³-hybridized carbons (Fsp3) is 0.438. The van der Waals surface area contributed by atoms with Crippen molar-refractivity contribution in [2.45, 2.75) is 6.04 Å². The van der Waals surface area contributed by atoms with Crippen LogP contribution < -0.4 is 10.3 Å². The maximum atomic E-state index is 8.64. The highest BCUT2D eigenvalue weighted by Crippen LogP contribution is 2.21. The van der Waals surface area contributed by atoms with Crippen LogP contribution in [-0.4, -0.2) is 56.0 Å². The van der Waals surface area contributed by atoms with Crippen molar-refractivity contribution < 1.29 is 4.74 Å². The summed E-state index contributed by atoms with van der Waals surface area (Å²) >= 11 is 0. The van der Waals surface area contributed by atoms with Crippen LogP contribution in [0.3, 0.4) is 0 Å². The fourth-order valence-corrected chi connectivity index (χ4v) is 2.72. The minimum atomic E-state index is -0.190. The fourth-order valence-electron chi connectivity index (χ4n) is 2.72.